The second-order valence-electron chi connectivity index (χ2n) is 6.27. The molecule has 1 heterocycles. The van der Waals surface area contributed by atoms with Crippen molar-refractivity contribution in [1.82, 2.24) is 5.32 Å². The zero-order valence-corrected chi connectivity index (χ0v) is 13.4. The summed E-state index contributed by atoms with van der Waals surface area (Å²) < 4.78 is 0. The highest BCUT2D eigenvalue weighted by atomic mass is 15.2. The van der Waals surface area contributed by atoms with Crippen molar-refractivity contribution in [2.75, 3.05) is 11.4 Å². The number of hydrogen-bond acceptors (Lipinski definition) is 2. The summed E-state index contributed by atoms with van der Waals surface area (Å²) in [4.78, 5) is 2.67. The Bertz CT molecular complexity index is 400. The van der Waals surface area contributed by atoms with Crippen LogP contribution >= 0.6 is 0 Å². The third-order valence-electron chi connectivity index (χ3n) is 4.35. The monoisotopic (exact) mass is 274 g/mol. The molecule has 1 fully saturated rings. The van der Waals surface area contributed by atoms with Crippen LogP contribution in [0.3, 0.4) is 0 Å². The summed E-state index contributed by atoms with van der Waals surface area (Å²) in [5.41, 5.74) is 2.90. The van der Waals surface area contributed by atoms with Gasteiger partial charge in [0.05, 0.1) is 0 Å². The van der Waals surface area contributed by atoms with Crippen molar-refractivity contribution in [3.05, 3.63) is 29.8 Å². The van der Waals surface area contributed by atoms with Gasteiger partial charge in [-0.3, -0.25) is 0 Å². The minimum Gasteiger partial charge on any atom is -0.368 e. The van der Waals surface area contributed by atoms with Crippen LogP contribution in [0.4, 0.5) is 5.69 Å². The molecule has 0 aromatic heterocycles. The molecule has 0 amide bonds. The van der Waals surface area contributed by atoms with Gasteiger partial charge in [0.2, 0.25) is 0 Å². The van der Waals surface area contributed by atoms with Crippen molar-refractivity contribution in [3.63, 3.8) is 0 Å². The van der Waals surface area contributed by atoms with E-state index in [1.165, 1.54) is 49.9 Å². The average Bonchev–Trinajstić information content (AvgIpc) is 2.70. The van der Waals surface area contributed by atoms with Gasteiger partial charge in [0.25, 0.3) is 0 Å². The molecule has 2 heteroatoms. The Morgan fingerprint density at radius 3 is 2.75 bits per heavy atom. The van der Waals surface area contributed by atoms with Gasteiger partial charge in [-0.05, 0) is 30.9 Å². The van der Waals surface area contributed by atoms with Gasteiger partial charge in [0.1, 0.15) is 0 Å². The molecule has 1 N–H and O–H groups in total. The number of nitrogens with zero attached hydrogens (tertiary/aromatic N) is 1. The molecule has 1 saturated heterocycles. The highest BCUT2D eigenvalue weighted by Crippen LogP contribution is 2.28. The van der Waals surface area contributed by atoms with Crippen LogP contribution in [-0.2, 0) is 6.54 Å². The number of rotatable bonds is 5. The summed E-state index contributed by atoms with van der Waals surface area (Å²) in [6.45, 7) is 8.95. The predicted molar refractivity (Wildman–Crippen MR) is 88.3 cm³/mol. The van der Waals surface area contributed by atoms with Gasteiger partial charge in [-0.1, -0.05) is 51.8 Å². The van der Waals surface area contributed by atoms with Crippen molar-refractivity contribution in [1.29, 1.82) is 0 Å². The molecule has 0 bridgehead atoms. The molecule has 0 aliphatic carbocycles. The highest BCUT2D eigenvalue weighted by molar-refractivity contribution is 5.54. The normalized spacial score (nSPS) is 20.2. The topological polar surface area (TPSA) is 15.3 Å². The molecule has 2 rings (SSSR count). The first-order valence-electron chi connectivity index (χ1n) is 8.30. The van der Waals surface area contributed by atoms with E-state index < -0.39 is 0 Å². The van der Waals surface area contributed by atoms with Gasteiger partial charge in [0, 0.05) is 30.9 Å². The number of hydrogen-bond donors (Lipinski definition) is 1. The zero-order valence-electron chi connectivity index (χ0n) is 13.4. The highest BCUT2D eigenvalue weighted by Gasteiger charge is 2.21. The molecule has 1 aromatic rings. The lowest BCUT2D eigenvalue weighted by molar-refractivity contribution is 0.549. The third kappa shape index (κ3) is 3.99. The van der Waals surface area contributed by atoms with Crippen LogP contribution in [0.25, 0.3) is 0 Å². The smallest absolute Gasteiger partial charge is 0.0414 e. The largest absolute Gasteiger partial charge is 0.368 e. The minimum absolute atomic E-state index is 0.536. The molecule has 112 valence electrons. The summed E-state index contributed by atoms with van der Waals surface area (Å²) in [6.07, 6.45) is 6.72. The van der Waals surface area contributed by atoms with E-state index in [4.69, 9.17) is 0 Å². The van der Waals surface area contributed by atoms with Crippen molar-refractivity contribution < 1.29 is 0 Å². The first-order valence-corrected chi connectivity index (χ1v) is 8.30. The fraction of sp³-hybridized carbons (Fsp3) is 0.667. The molecular weight excluding hydrogens is 244 g/mol. The second kappa shape index (κ2) is 7.68. The van der Waals surface area contributed by atoms with Gasteiger partial charge in [-0.25, -0.2) is 0 Å². The summed E-state index contributed by atoms with van der Waals surface area (Å²) in [5.74, 6) is 0. The van der Waals surface area contributed by atoms with E-state index in [0.29, 0.717) is 6.04 Å². The fourth-order valence-electron chi connectivity index (χ4n) is 3.17. The summed E-state index contributed by atoms with van der Waals surface area (Å²) in [7, 11) is 0. The maximum absolute atomic E-state index is 3.56. The van der Waals surface area contributed by atoms with Gasteiger partial charge in [-0.2, -0.15) is 0 Å². The van der Waals surface area contributed by atoms with Crippen LogP contribution in [0.5, 0.6) is 0 Å². The number of anilines is 1. The lowest BCUT2D eigenvalue weighted by Crippen LogP contribution is -2.35. The maximum Gasteiger partial charge on any atom is 0.0414 e. The second-order valence-corrected chi connectivity index (χ2v) is 6.27. The van der Waals surface area contributed by atoms with E-state index in [9.17, 15) is 0 Å². The first kappa shape index (κ1) is 15.4. The van der Waals surface area contributed by atoms with E-state index in [1.54, 1.807) is 0 Å². The Morgan fingerprint density at radius 1 is 1.20 bits per heavy atom. The SMILES string of the molecule is CCC1CCCCCN1c1ccccc1CNC(C)C. The standard InChI is InChI=1S/C18H30N2/c1-4-17-11-6-5-9-13-20(17)18-12-8-7-10-16(18)14-19-15(2)3/h7-8,10,12,15,17,19H,4-6,9,11,13-14H2,1-3H3. The first-order chi connectivity index (χ1) is 9.72. The quantitative estimate of drug-likeness (QED) is 0.859. The van der Waals surface area contributed by atoms with E-state index in [-0.39, 0.29) is 0 Å². The van der Waals surface area contributed by atoms with Crippen molar-refractivity contribution in [2.24, 2.45) is 0 Å². The Labute approximate surface area is 124 Å². The lowest BCUT2D eigenvalue weighted by Gasteiger charge is -2.33. The van der Waals surface area contributed by atoms with Crippen LogP contribution in [-0.4, -0.2) is 18.6 Å². The van der Waals surface area contributed by atoms with Gasteiger partial charge in [-0.15, -0.1) is 0 Å². The number of para-hydroxylation sites is 1. The van der Waals surface area contributed by atoms with Crippen molar-refractivity contribution in [3.8, 4) is 0 Å². The molecule has 20 heavy (non-hydrogen) atoms. The van der Waals surface area contributed by atoms with E-state index in [2.05, 4.69) is 55.3 Å². The molecule has 1 aliphatic heterocycles. The van der Waals surface area contributed by atoms with Gasteiger partial charge in [0.15, 0.2) is 0 Å². The summed E-state index contributed by atoms with van der Waals surface area (Å²) in [6, 6.07) is 10.2. The average molecular weight is 274 g/mol. The third-order valence-corrected chi connectivity index (χ3v) is 4.35. The molecule has 1 unspecified atom stereocenters. The summed E-state index contributed by atoms with van der Waals surface area (Å²) in [5, 5.41) is 3.56. The molecular formula is C18H30N2. The van der Waals surface area contributed by atoms with Crippen LogP contribution in [0, 0.1) is 0 Å². The van der Waals surface area contributed by atoms with Crippen molar-refractivity contribution >= 4 is 5.69 Å². The Balaban J connectivity index is 2.20. The number of nitrogens with one attached hydrogen (secondary N) is 1. The number of benzene rings is 1. The van der Waals surface area contributed by atoms with Crippen LogP contribution in [0.15, 0.2) is 24.3 Å². The summed E-state index contributed by atoms with van der Waals surface area (Å²) >= 11 is 0. The molecule has 1 aromatic carbocycles. The zero-order chi connectivity index (χ0) is 14.4. The molecule has 0 radical (unpaired) electrons. The minimum atomic E-state index is 0.536. The van der Waals surface area contributed by atoms with E-state index >= 15 is 0 Å². The Kier molecular flexibility index (Phi) is 5.90. The Hall–Kier alpha value is -1.02. The molecule has 2 nitrogen and oxygen atoms in total. The van der Waals surface area contributed by atoms with Gasteiger partial charge < -0.3 is 10.2 Å². The van der Waals surface area contributed by atoms with Gasteiger partial charge >= 0.3 is 0 Å². The maximum atomic E-state index is 3.56. The molecule has 0 spiro atoms. The molecule has 1 aliphatic rings. The van der Waals surface area contributed by atoms with Crippen LogP contribution in [0.2, 0.25) is 0 Å². The fourth-order valence-corrected chi connectivity index (χ4v) is 3.17. The molecule has 0 saturated carbocycles. The van der Waals surface area contributed by atoms with E-state index in [1.807, 2.05) is 0 Å². The van der Waals surface area contributed by atoms with Crippen molar-refractivity contribution in [2.45, 2.75) is 71.5 Å². The van der Waals surface area contributed by atoms with Crippen LogP contribution < -0.4 is 10.2 Å². The van der Waals surface area contributed by atoms with E-state index in [0.717, 1.165) is 12.6 Å². The molecule has 1 atom stereocenters. The van der Waals surface area contributed by atoms with Crippen LogP contribution in [0.1, 0.15) is 58.4 Å². The lowest BCUT2D eigenvalue weighted by atomic mass is 10.0. The Morgan fingerprint density at radius 2 is 2.00 bits per heavy atom. The predicted octanol–water partition coefficient (Wildman–Crippen LogP) is 4.34.